The van der Waals surface area contributed by atoms with Crippen molar-refractivity contribution in [1.82, 2.24) is 14.9 Å². The monoisotopic (exact) mass is 363 g/mol. The molecule has 1 aromatic carbocycles. The van der Waals surface area contributed by atoms with E-state index in [4.69, 9.17) is 10.00 Å². The quantitative estimate of drug-likeness (QED) is 0.822. The van der Waals surface area contributed by atoms with E-state index in [1.54, 1.807) is 12.1 Å². The summed E-state index contributed by atoms with van der Waals surface area (Å²) in [6.07, 6.45) is 2.97. The highest BCUT2D eigenvalue weighted by Crippen LogP contribution is 2.23. The Hall–Kier alpha value is -2.98. The van der Waals surface area contributed by atoms with Gasteiger partial charge in [0.25, 0.3) is 0 Å². The molecule has 1 amide bonds. The van der Waals surface area contributed by atoms with Crippen LogP contribution in [0.4, 0.5) is 5.95 Å². The van der Waals surface area contributed by atoms with Crippen molar-refractivity contribution >= 4 is 11.9 Å². The first-order valence-electron chi connectivity index (χ1n) is 9.17. The molecule has 27 heavy (non-hydrogen) atoms. The van der Waals surface area contributed by atoms with Crippen molar-refractivity contribution in [2.45, 2.75) is 25.9 Å². The summed E-state index contributed by atoms with van der Waals surface area (Å²) in [6.45, 7) is 4.10. The highest BCUT2D eigenvalue weighted by atomic mass is 16.5. The third kappa shape index (κ3) is 3.91. The molecule has 3 heterocycles. The van der Waals surface area contributed by atoms with Gasteiger partial charge in [-0.1, -0.05) is 12.1 Å². The Morgan fingerprint density at radius 3 is 2.70 bits per heavy atom. The molecule has 138 valence electrons. The molecule has 7 nitrogen and oxygen atoms in total. The number of anilines is 1. The number of carbonyl (C=O) groups is 1. The number of nitriles is 1. The SMILES string of the molecule is N#Cc1ccc(CCC(=O)N2Cc3cnc(N4CCOCC4)nc3C2)cc1. The molecule has 1 fully saturated rings. The van der Waals surface area contributed by atoms with Gasteiger partial charge in [0.1, 0.15) is 0 Å². The van der Waals surface area contributed by atoms with E-state index in [-0.39, 0.29) is 5.91 Å². The molecule has 0 unspecified atom stereocenters. The number of rotatable bonds is 4. The minimum absolute atomic E-state index is 0.116. The average Bonchev–Trinajstić information content (AvgIpc) is 3.16. The number of aromatic nitrogens is 2. The zero-order chi connectivity index (χ0) is 18.6. The Labute approximate surface area is 158 Å². The predicted molar refractivity (Wildman–Crippen MR) is 98.8 cm³/mol. The summed E-state index contributed by atoms with van der Waals surface area (Å²) in [4.78, 5) is 25.7. The minimum atomic E-state index is 0.116. The Kier molecular flexibility index (Phi) is 4.99. The lowest BCUT2D eigenvalue weighted by atomic mass is 10.1. The van der Waals surface area contributed by atoms with Crippen molar-refractivity contribution < 1.29 is 9.53 Å². The highest BCUT2D eigenvalue weighted by molar-refractivity contribution is 5.77. The minimum Gasteiger partial charge on any atom is -0.378 e. The van der Waals surface area contributed by atoms with Crippen LogP contribution in [0.1, 0.15) is 28.8 Å². The van der Waals surface area contributed by atoms with Gasteiger partial charge in [0.2, 0.25) is 11.9 Å². The van der Waals surface area contributed by atoms with Gasteiger partial charge >= 0.3 is 0 Å². The Morgan fingerprint density at radius 2 is 1.96 bits per heavy atom. The molecule has 0 N–H and O–H groups in total. The van der Waals surface area contributed by atoms with Crippen LogP contribution in [0.5, 0.6) is 0 Å². The number of nitrogens with zero attached hydrogens (tertiary/aromatic N) is 5. The number of fused-ring (bicyclic) bond motifs is 1. The molecule has 1 aromatic heterocycles. The van der Waals surface area contributed by atoms with Crippen molar-refractivity contribution in [3.8, 4) is 6.07 Å². The van der Waals surface area contributed by atoms with Crippen molar-refractivity contribution in [2.75, 3.05) is 31.2 Å². The van der Waals surface area contributed by atoms with Gasteiger partial charge in [-0.2, -0.15) is 5.26 Å². The Bertz CT molecular complexity index is 869. The zero-order valence-corrected chi connectivity index (χ0v) is 15.1. The van der Waals surface area contributed by atoms with E-state index >= 15 is 0 Å². The lowest BCUT2D eigenvalue weighted by Gasteiger charge is -2.26. The van der Waals surface area contributed by atoms with Gasteiger partial charge in [-0.25, -0.2) is 9.97 Å². The molecule has 0 radical (unpaired) electrons. The van der Waals surface area contributed by atoms with Crippen LogP contribution < -0.4 is 4.90 Å². The molecule has 4 rings (SSSR count). The van der Waals surface area contributed by atoms with Crippen LogP contribution in [0, 0.1) is 11.3 Å². The molecule has 1 saturated heterocycles. The van der Waals surface area contributed by atoms with Gasteiger partial charge in [-0.3, -0.25) is 4.79 Å². The molecule has 0 bridgehead atoms. The Morgan fingerprint density at radius 1 is 1.19 bits per heavy atom. The molecular weight excluding hydrogens is 342 g/mol. The summed E-state index contributed by atoms with van der Waals surface area (Å²) in [5.74, 6) is 0.842. The second-order valence-electron chi connectivity index (χ2n) is 6.80. The number of benzene rings is 1. The van der Waals surface area contributed by atoms with Crippen LogP contribution in [0.3, 0.4) is 0 Å². The van der Waals surface area contributed by atoms with E-state index in [2.05, 4.69) is 20.9 Å². The normalized spacial score (nSPS) is 16.1. The topological polar surface area (TPSA) is 82.4 Å². The number of hydrogen-bond donors (Lipinski definition) is 0. The van der Waals surface area contributed by atoms with Crippen LogP contribution in [0.2, 0.25) is 0 Å². The van der Waals surface area contributed by atoms with Gasteiger partial charge in [0.05, 0.1) is 37.1 Å². The molecule has 0 atom stereocenters. The summed E-state index contributed by atoms with van der Waals surface area (Å²) in [7, 11) is 0. The van der Waals surface area contributed by atoms with Crippen LogP contribution in [0.25, 0.3) is 0 Å². The fraction of sp³-hybridized carbons (Fsp3) is 0.400. The molecule has 0 aliphatic carbocycles. The maximum Gasteiger partial charge on any atom is 0.225 e. The standard InChI is InChI=1S/C20H21N5O2/c21-11-16-3-1-15(2-4-16)5-6-19(26)25-13-17-12-22-20(23-18(17)14-25)24-7-9-27-10-8-24/h1-4,12H,5-10,13-14H2. The van der Waals surface area contributed by atoms with Gasteiger partial charge in [-0.15, -0.1) is 0 Å². The van der Waals surface area contributed by atoms with Crippen LogP contribution in [0.15, 0.2) is 30.5 Å². The van der Waals surface area contributed by atoms with Gasteiger partial charge < -0.3 is 14.5 Å². The third-order valence-corrected chi connectivity index (χ3v) is 5.00. The van der Waals surface area contributed by atoms with Crippen molar-refractivity contribution in [1.29, 1.82) is 5.26 Å². The highest BCUT2D eigenvalue weighted by Gasteiger charge is 2.26. The number of carbonyl (C=O) groups excluding carboxylic acids is 1. The third-order valence-electron chi connectivity index (χ3n) is 5.00. The average molecular weight is 363 g/mol. The molecule has 7 heteroatoms. The van der Waals surface area contributed by atoms with Crippen LogP contribution in [-0.2, 0) is 29.0 Å². The fourth-order valence-corrected chi connectivity index (χ4v) is 3.39. The van der Waals surface area contributed by atoms with E-state index in [1.165, 1.54) is 0 Å². The number of morpholine rings is 1. The largest absolute Gasteiger partial charge is 0.378 e. The van der Waals surface area contributed by atoms with E-state index in [9.17, 15) is 4.79 Å². The van der Waals surface area contributed by atoms with Crippen molar-refractivity contribution in [3.63, 3.8) is 0 Å². The van der Waals surface area contributed by atoms with Gasteiger partial charge in [0, 0.05) is 37.8 Å². The number of hydrogen-bond acceptors (Lipinski definition) is 6. The summed E-state index contributed by atoms with van der Waals surface area (Å²) in [6, 6.07) is 9.49. The second kappa shape index (κ2) is 7.72. The fourth-order valence-electron chi connectivity index (χ4n) is 3.39. The maximum absolute atomic E-state index is 12.6. The first-order chi connectivity index (χ1) is 13.2. The first kappa shape index (κ1) is 17.4. The smallest absolute Gasteiger partial charge is 0.225 e. The molecule has 0 spiro atoms. The lowest BCUT2D eigenvalue weighted by molar-refractivity contribution is -0.131. The van der Waals surface area contributed by atoms with Gasteiger partial charge in [0.15, 0.2) is 0 Å². The first-order valence-corrected chi connectivity index (χ1v) is 9.17. The second-order valence-corrected chi connectivity index (χ2v) is 6.80. The van der Waals surface area contributed by atoms with Crippen LogP contribution in [-0.4, -0.2) is 47.1 Å². The summed E-state index contributed by atoms with van der Waals surface area (Å²) in [5, 5.41) is 8.85. The summed E-state index contributed by atoms with van der Waals surface area (Å²) >= 11 is 0. The summed E-state index contributed by atoms with van der Waals surface area (Å²) < 4.78 is 5.37. The zero-order valence-electron chi connectivity index (χ0n) is 15.1. The predicted octanol–water partition coefficient (Wildman–Crippen LogP) is 1.66. The molecule has 0 saturated carbocycles. The maximum atomic E-state index is 12.6. The molecule has 2 aliphatic rings. The molecular formula is C20H21N5O2. The van der Waals surface area contributed by atoms with Gasteiger partial charge in [-0.05, 0) is 24.1 Å². The van der Waals surface area contributed by atoms with Crippen LogP contribution >= 0.6 is 0 Å². The number of amides is 1. The molecule has 2 aromatic rings. The number of ether oxygens (including phenoxy) is 1. The lowest BCUT2D eigenvalue weighted by Crippen LogP contribution is -2.37. The van der Waals surface area contributed by atoms with E-state index in [1.807, 2.05) is 23.2 Å². The number of aryl methyl sites for hydroxylation is 1. The summed E-state index contributed by atoms with van der Waals surface area (Å²) in [5.41, 5.74) is 3.67. The molecule has 2 aliphatic heterocycles. The van der Waals surface area contributed by atoms with E-state index in [0.29, 0.717) is 44.7 Å². The van der Waals surface area contributed by atoms with E-state index in [0.717, 1.165) is 35.9 Å². The van der Waals surface area contributed by atoms with Crippen molar-refractivity contribution in [2.24, 2.45) is 0 Å². The van der Waals surface area contributed by atoms with E-state index < -0.39 is 0 Å². The Balaban J connectivity index is 1.35. The van der Waals surface area contributed by atoms with Crippen molar-refractivity contribution in [3.05, 3.63) is 52.8 Å².